The first-order valence-electron chi connectivity index (χ1n) is 17.3. The van der Waals surface area contributed by atoms with Crippen LogP contribution in [0.15, 0.2) is 103 Å². The number of benzene rings is 4. The summed E-state index contributed by atoms with van der Waals surface area (Å²) in [5, 5.41) is 26.2. The van der Waals surface area contributed by atoms with Gasteiger partial charge in [-0.05, 0) is 41.0 Å². The van der Waals surface area contributed by atoms with Crippen molar-refractivity contribution < 1.29 is 33.8 Å². The maximum absolute atomic E-state index is 13.1. The third-order valence-corrected chi connectivity index (χ3v) is 9.37. The zero-order valence-corrected chi connectivity index (χ0v) is 28.9. The number of aliphatic hydroxyl groups excluding tert-OH is 1. The fourth-order valence-electron chi connectivity index (χ4n) is 6.57. The monoisotopic (exact) mass is 709 g/mol. The summed E-state index contributed by atoms with van der Waals surface area (Å²) in [6.07, 6.45) is -0.288. The predicted molar refractivity (Wildman–Crippen MR) is 195 cm³/mol. The van der Waals surface area contributed by atoms with Crippen molar-refractivity contribution in [3.05, 3.63) is 135 Å². The van der Waals surface area contributed by atoms with Crippen LogP contribution in [-0.4, -0.2) is 78.9 Å². The highest BCUT2D eigenvalue weighted by Gasteiger charge is 2.34. The van der Waals surface area contributed by atoms with Gasteiger partial charge in [-0.2, -0.15) is 0 Å². The van der Waals surface area contributed by atoms with Gasteiger partial charge < -0.3 is 34.9 Å². The molecule has 4 aromatic rings. The van der Waals surface area contributed by atoms with E-state index in [-0.39, 0.29) is 30.9 Å². The summed E-state index contributed by atoms with van der Waals surface area (Å²) in [6.45, 7) is 3.76. The van der Waals surface area contributed by atoms with Crippen molar-refractivity contribution in [3.8, 4) is 0 Å². The van der Waals surface area contributed by atoms with Crippen molar-refractivity contribution in [1.82, 2.24) is 10.2 Å². The molecule has 4 aromatic carbocycles. The van der Waals surface area contributed by atoms with Gasteiger partial charge in [0, 0.05) is 74.6 Å². The molecule has 0 aromatic heterocycles. The Morgan fingerprint density at radius 2 is 1.63 bits per heavy atom. The summed E-state index contributed by atoms with van der Waals surface area (Å²) >= 11 is 0. The second kappa shape index (κ2) is 17.2. The summed E-state index contributed by atoms with van der Waals surface area (Å²) in [4.78, 5) is 40.9. The molecular weight excluding hydrogens is 666 g/mol. The summed E-state index contributed by atoms with van der Waals surface area (Å²) in [5.74, 6) is -0.548. The average Bonchev–Trinajstić information content (AvgIpc) is 3.18. The number of rotatable bonds is 12. The van der Waals surface area contributed by atoms with Gasteiger partial charge in [0.25, 0.3) is 5.69 Å². The number of amides is 2. The molecule has 2 heterocycles. The van der Waals surface area contributed by atoms with Crippen LogP contribution < -0.4 is 15.5 Å². The van der Waals surface area contributed by atoms with Gasteiger partial charge in [-0.25, -0.2) is 9.59 Å². The van der Waals surface area contributed by atoms with E-state index in [0.29, 0.717) is 18.7 Å². The van der Waals surface area contributed by atoms with Crippen molar-refractivity contribution in [1.29, 1.82) is 0 Å². The lowest BCUT2D eigenvalue weighted by atomic mass is 9.99. The first kappa shape index (κ1) is 36.5. The van der Waals surface area contributed by atoms with E-state index in [1.165, 1.54) is 19.2 Å². The third-order valence-electron chi connectivity index (χ3n) is 9.37. The highest BCUT2D eigenvalue weighted by atomic mass is 16.7. The zero-order valence-electron chi connectivity index (χ0n) is 28.9. The molecule has 0 bridgehead atoms. The highest BCUT2D eigenvalue weighted by molar-refractivity contribution is 5.92. The topological polar surface area (TPSA) is 156 Å². The number of nitrogens with zero attached hydrogens (tertiary/aromatic N) is 3. The highest BCUT2D eigenvalue weighted by Crippen LogP contribution is 2.39. The second-order valence-electron chi connectivity index (χ2n) is 12.9. The number of anilines is 2. The van der Waals surface area contributed by atoms with Gasteiger partial charge in [0.2, 0.25) is 0 Å². The number of piperazine rings is 1. The van der Waals surface area contributed by atoms with E-state index in [2.05, 4.69) is 20.4 Å². The molecule has 0 saturated carbocycles. The van der Waals surface area contributed by atoms with Crippen molar-refractivity contribution in [3.63, 3.8) is 0 Å². The van der Waals surface area contributed by atoms with Crippen molar-refractivity contribution in [2.24, 2.45) is 0 Å². The molecule has 0 spiro atoms. The molecule has 0 unspecified atom stereocenters. The molecule has 2 amide bonds. The minimum Gasteiger partial charge on any atom is -0.467 e. The number of nitro groups is 1. The second-order valence-corrected chi connectivity index (χ2v) is 12.9. The number of esters is 1. The molecule has 6 rings (SSSR count). The minimum atomic E-state index is -0.879. The van der Waals surface area contributed by atoms with Gasteiger partial charge in [0.05, 0.1) is 30.8 Å². The SMILES string of the molecule is COC(=O)[C@H](Cc1ccccc1)NC(=O)Nc1cccc([C@@H]2O[C@H](CN3CCN(c4ccc([N+](=O)[O-])cc4)CC3)C[C@H](c3ccc(CO)cc3)O2)c1. The molecule has 2 aliphatic rings. The number of urea groups is 1. The molecule has 13 nitrogen and oxygen atoms in total. The molecule has 0 aliphatic carbocycles. The number of non-ortho nitro benzene ring substituents is 1. The summed E-state index contributed by atoms with van der Waals surface area (Å²) in [7, 11) is 1.29. The maximum Gasteiger partial charge on any atom is 0.328 e. The fraction of sp³-hybridized carbons (Fsp3) is 0.333. The number of ether oxygens (including phenoxy) is 3. The number of nitro benzene ring substituents is 1. The largest absolute Gasteiger partial charge is 0.467 e. The fourth-order valence-corrected chi connectivity index (χ4v) is 6.57. The van der Waals surface area contributed by atoms with Crippen LogP contribution in [0.4, 0.5) is 21.9 Å². The number of aliphatic hydroxyl groups is 1. The van der Waals surface area contributed by atoms with Crippen LogP contribution in [0.1, 0.15) is 41.1 Å². The molecule has 0 radical (unpaired) electrons. The summed E-state index contributed by atoms with van der Waals surface area (Å²) < 4.78 is 18.1. The van der Waals surface area contributed by atoms with Gasteiger partial charge in [-0.1, -0.05) is 66.7 Å². The Morgan fingerprint density at radius 1 is 0.904 bits per heavy atom. The third kappa shape index (κ3) is 9.50. The lowest BCUT2D eigenvalue weighted by Gasteiger charge is -2.41. The van der Waals surface area contributed by atoms with Crippen LogP contribution in [0.5, 0.6) is 0 Å². The Hall–Kier alpha value is -5.34. The molecule has 13 heteroatoms. The predicted octanol–water partition coefficient (Wildman–Crippen LogP) is 5.36. The van der Waals surface area contributed by atoms with Crippen LogP contribution in [0, 0.1) is 10.1 Å². The molecule has 2 saturated heterocycles. The van der Waals surface area contributed by atoms with Crippen LogP contribution in [0.2, 0.25) is 0 Å². The number of carbonyl (C=O) groups is 2. The van der Waals surface area contributed by atoms with Crippen molar-refractivity contribution in [2.75, 3.05) is 50.1 Å². The lowest BCUT2D eigenvalue weighted by Crippen LogP contribution is -2.49. The normalized spacial score (nSPS) is 19.7. The van der Waals surface area contributed by atoms with E-state index in [1.807, 2.05) is 66.7 Å². The van der Waals surface area contributed by atoms with Gasteiger partial charge in [-0.3, -0.25) is 15.0 Å². The molecule has 4 atom stereocenters. The zero-order chi connectivity index (χ0) is 36.5. The van der Waals surface area contributed by atoms with Gasteiger partial charge in [0.1, 0.15) is 6.04 Å². The average molecular weight is 710 g/mol. The standard InChI is InChI=1S/C39H43N5O8/c1-50-37(46)35(22-27-6-3-2-4-7-27)41-39(47)40-31-9-5-8-30(23-31)38-51-34(24-36(52-38)29-12-10-28(26-45)11-13-29)25-42-18-20-43(21-19-42)32-14-16-33(17-15-32)44(48)49/h2-17,23,34-36,38,45H,18-22,24-26H2,1H3,(H2,40,41,47)/t34-,35-,36+,38+/m0/s1. The van der Waals surface area contributed by atoms with Gasteiger partial charge in [-0.15, -0.1) is 0 Å². The molecular formula is C39H43N5O8. The minimum absolute atomic E-state index is 0.0496. The van der Waals surface area contributed by atoms with Crippen LogP contribution in [0.3, 0.4) is 0 Å². The van der Waals surface area contributed by atoms with Crippen LogP contribution >= 0.6 is 0 Å². The smallest absolute Gasteiger partial charge is 0.328 e. The van der Waals surface area contributed by atoms with Gasteiger partial charge in [0.15, 0.2) is 6.29 Å². The lowest BCUT2D eigenvalue weighted by molar-refractivity contribution is -0.384. The number of carbonyl (C=O) groups excluding carboxylic acids is 2. The number of hydrogen-bond acceptors (Lipinski definition) is 10. The molecule has 52 heavy (non-hydrogen) atoms. The first-order valence-corrected chi connectivity index (χ1v) is 17.3. The summed E-state index contributed by atoms with van der Waals surface area (Å²) in [5.41, 5.74) is 4.91. The maximum atomic E-state index is 13.1. The van der Waals surface area contributed by atoms with E-state index in [1.54, 1.807) is 24.3 Å². The Morgan fingerprint density at radius 3 is 2.31 bits per heavy atom. The Bertz CT molecular complexity index is 1800. The van der Waals surface area contributed by atoms with Crippen LogP contribution in [0.25, 0.3) is 0 Å². The number of nitrogens with one attached hydrogen (secondary N) is 2. The van der Waals surface area contributed by atoms with Crippen molar-refractivity contribution in [2.45, 2.75) is 44.0 Å². The van der Waals surface area contributed by atoms with Gasteiger partial charge >= 0.3 is 12.0 Å². The van der Waals surface area contributed by atoms with E-state index < -0.39 is 29.3 Å². The molecule has 2 fully saturated rings. The quantitative estimate of drug-likeness (QED) is 0.0995. The van der Waals surface area contributed by atoms with E-state index in [4.69, 9.17) is 14.2 Å². The van der Waals surface area contributed by atoms with E-state index in [9.17, 15) is 24.8 Å². The van der Waals surface area contributed by atoms with E-state index >= 15 is 0 Å². The Kier molecular flexibility index (Phi) is 12.1. The van der Waals surface area contributed by atoms with E-state index in [0.717, 1.165) is 54.1 Å². The molecule has 3 N–H and O–H groups in total. The van der Waals surface area contributed by atoms with Crippen LogP contribution in [-0.2, 0) is 32.0 Å². The molecule has 2 aliphatic heterocycles. The summed E-state index contributed by atoms with van der Waals surface area (Å²) in [6, 6.07) is 29.6. The first-order chi connectivity index (χ1) is 25.3. The Balaban J connectivity index is 1.12. The number of methoxy groups -OCH3 is 1. The Labute approximate surface area is 302 Å². The molecule has 272 valence electrons. The van der Waals surface area contributed by atoms with Crippen molar-refractivity contribution >= 4 is 29.1 Å². The number of hydrogen-bond donors (Lipinski definition) is 3.